The van der Waals surface area contributed by atoms with Crippen molar-refractivity contribution in [3.8, 4) is 5.88 Å². The second kappa shape index (κ2) is 4.64. The fourth-order valence-electron chi connectivity index (χ4n) is 1.05. The van der Waals surface area contributed by atoms with Crippen molar-refractivity contribution in [3.63, 3.8) is 0 Å². The molecule has 14 heavy (non-hydrogen) atoms. The number of carbonyl (C=O) groups is 1. The minimum atomic E-state index is 0.274. The van der Waals surface area contributed by atoms with Crippen LogP contribution in [-0.4, -0.2) is 23.0 Å². The Labute approximate surface area is 82.9 Å². The van der Waals surface area contributed by atoms with Crippen LogP contribution in [0.15, 0.2) is 0 Å². The van der Waals surface area contributed by atoms with Gasteiger partial charge < -0.3 is 15.0 Å². The number of imidazole rings is 1. The van der Waals surface area contributed by atoms with Gasteiger partial charge in [-0.1, -0.05) is 13.8 Å². The molecule has 0 atom stereocenters. The van der Waals surface area contributed by atoms with E-state index in [4.69, 9.17) is 4.74 Å². The summed E-state index contributed by atoms with van der Waals surface area (Å²) in [6.45, 7) is 6.42. The van der Waals surface area contributed by atoms with Gasteiger partial charge in [0.2, 0.25) is 6.41 Å². The summed E-state index contributed by atoms with van der Waals surface area (Å²) in [7, 11) is 0. The van der Waals surface area contributed by atoms with Gasteiger partial charge in [-0.3, -0.25) is 4.79 Å². The molecule has 5 nitrogen and oxygen atoms in total. The molecule has 0 unspecified atom stereocenters. The fraction of sp³-hybridized carbons (Fsp3) is 0.556. The predicted molar refractivity (Wildman–Crippen MR) is 53.5 cm³/mol. The fourth-order valence-corrected chi connectivity index (χ4v) is 1.05. The van der Waals surface area contributed by atoms with Crippen LogP contribution in [0.3, 0.4) is 0 Å². The van der Waals surface area contributed by atoms with Crippen LogP contribution in [-0.2, 0) is 4.79 Å². The molecule has 0 spiro atoms. The van der Waals surface area contributed by atoms with Crippen molar-refractivity contribution in [2.45, 2.75) is 26.7 Å². The van der Waals surface area contributed by atoms with E-state index in [-0.39, 0.29) is 5.92 Å². The Kier molecular flexibility index (Phi) is 3.50. The highest BCUT2D eigenvalue weighted by molar-refractivity contribution is 5.71. The number of hydrogen-bond acceptors (Lipinski definition) is 3. The molecule has 0 aromatic carbocycles. The molecule has 1 amide bonds. The summed E-state index contributed by atoms with van der Waals surface area (Å²) >= 11 is 0. The van der Waals surface area contributed by atoms with Crippen molar-refractivity contribution in [1.82, 2.24) is 9.97 Å². The van der Waals surface area contributed by atoms with Gasteiger partial charge >= 0.3 is 0 Å². The summed E-state index contributed by atoms with van der Waals surface area (Å²) in [5.74, 6) is 2.04. The Balaban J connectivity index is 2.92. The van der Waals surface area contributed by atoms with E-state index < -0.39 is 0 Å². The van der Waals surface area contributed by atoms with E-state index in [9.17, 15) is 4.79 Å². The molecule has 0 aliphatic heterocycles. The predicted octanol–water partition coefficient (Wildman–Crippen LogP) is 1.50. The van der Waals surface area contributed by atoms with Crippen molar-refractivity contribution in [2.75, 3.05) is 11.9 Å². The maximum absolute atomic E-state index is 10.3. The Morgan fingerprint density at radius 1 is 1.64 bits per heavy atom. The number of H-pyrrole nitrogens is 1. The first kappa shape index (κ1) is 10.6. The minimum absolute atomic E-state index is 0.274. The van der Waals surface area contributed by atoms with Gasteiger partial charge in [-0.05, 0) is 6.92 Å². The standard InChI is InChI=1S/C9H15N3O2/c1-4-14-9-8(10-5-13)11-7(12-9)6(2)3/h5-6H,4H2,1-3H3,(H,10,13)(H,11,12). The highest BCUT2D eigenvalue weighted by Gasteiger charge is 2.12. The molecule has 1 heterocycles. The molecular weight excluding hydrogens is 182 g/mol. The van der Waals surface area contributed by atoms with Crippen molar-refractivity contribution < 1.29 is 9.53 Å². The number of nitrogens with one attached hydrogen (secondary N) is 2. The Hall–Kier alpha value is -1.52. The summed E-state index contributed by atoms with van der Waals surface area (Å²) in [4.78, 5) is 17.5. The molecule has 5 heteroatoms. The third-order valence-corrected chi connectivity index (χ3v) is 1.72. The highest BCUT2D eigenvalue weighted by atomic mass is 16.5. The molecular formula is C9H15N3O2. The average molecular weight is 197 g/mol. The van der Waals surface area contributed by atoms with Gasteiger partial charge in [-0.15, -0.1) is 0 Å². The zero-order valence-electron chi connectivity index (χ0n) is 8.63. The number of nitrogens with zero attached hydrogens (tertiary/aromatic N) is 1. The molecule has 1 aromatic heterocycles. The molecule has 0 bridgehead atoms. The highest BCUT2D eigenvalue weighted by Crippen LogP contribution is 2.24. The van der Waals surface area contributed by atoms with Gasteiger partial charge in [0, 0.05) is 5.92 Å². The lowest BCUT2D eigenvalue weighted by atomic mass is 10.2. The summed E-state index contributed by atoms with van der Waals surface area (Å²) in [6, 6.07) is 0. The topological polar surface area (TPSA) is 67.0 Å². The van der Waals surface area contributed by atoms with E-state index in [2.05, 4.69) is 15.3 Å². The Morgan fingerprint density at radius 3 is 2.86 bits per heavy atom. The van der Waals surface area contributed by atoms with Crippen LogP contribution in [0.2, 0.25) is 0 Å². The van der Waals surface area contributed by atoms with Gasteiger partial charge in [0.25, 0.3) is 5.88 Å². The van der Waals surface area contributed by atoms with Crippen LogP contribution in [0.5, 0.6) is 5.88 Å². The molecule has 0 aliphatic rings. The number of hydrogen-bond donors (Lipinski definition) is 2. The number of anilines is 1. The van der Waals surface area contributed by atoms with E-state index in [1.165, 1.54) is 0 Å². The summed E-state index contributed by atoms with van der Waals surface area (Å²) < 4.78 is 5.26. The second-order valence-electron chi connectivity index (χ2n) is 3.15. The lowest BCUT2D eigenvalue weighted by Crippen LogP contribution is -1.99. The molecule has 1 aromatic rings. The van der Waals surface area contributed by atoms with Crippen LogP contribution in [0.25, 0.3) is 0 Å². The number of aromatic amines is 1. The van der Waals surface area contributed by atoms with E-state index in [1.807, 2.05) is 20.8 Å². The average Bonchev–Trinajstić information content (AvgIpc) is 2.50. The van der Waals surface area contributed by atoms with Crippen LogP contribution in [0.4, 0.5) is 5.82 Å². The van der Waals surface area contributed by atoms with Crippen LogP contribution in [0, 0.1) is 0 Å². The summed E-state index contributed by atoms with van der Waals surface area (Å²) in [5, 5.41) is 2.51. The molecule has 1 rings (SSSR count). The number of aromatic nitrogens is 2. The molecule has 78 valence electrons. The second-order valence-corrected chi connectivity index (χ2v) is 3.15. The van der Waals surface area contributed by atoms with Crippen molar-refractivity contribution in [2.24, 2.45) is 0 Å². The first-order chi connectivity index (χ1) is 6.69. The summed E-state index contributed by atoms with van der Waals surface area (Å²) in [5.41, 5.74) is 0. The number of amides is 1. The van der Waals surface area contributed by atoms with Gasteiger partial charge in [0.15, 0.2) is 5.82 Å². The minimum Gasteiger partial charge on any atom is -0.475 e. The van der Waals surface area contributed by atoms with Gasteiger partial charge in [-0.2, -0.15) is 4.98 Å². The first-order valence-corrected chi connectivity index (χ1v) is 4.61. The third kappa shape index (κ3) is 2.25. The molecule has 0 saturated heterocycles. The van der Waals surface area contributed by atoms with E-state index in [1.54, 1.807) is 0 Å². The van der Waals surface area contributed by atoms with Crippen molar-refractivity contribution >= 4 is 12.2 Å². The molecule has 0 radical (unpaired) electrons. The van der Waals surface area contributed by atoms with Crippen molar-refractivity contribution in [3.05, 3.63) is 5.82 Å². The SMILES string of the molecule is CCOc1nc(C(C)C)[nH]c1NC=O. The lowest BCUT2D eigenvalue weighted by Gasteiger charge is -1.99. The largest absolute Gasteiger partial charge is 0.475 e. The number of carbonyl (C=O) groups excluding carboxylic acids is 1. The first-order valence-electron chi connectivity index (χ1n) is 4.61. The normalized spacial score (nSPS) is 10.3. The molecule has 0 aliphatic carbocycles. The number of rotatable bonds is 5. The smallest absolute Gasteiger partial charge is 0.257 e. The Bertz CT molecular complexity index is 307. The summed E-state index contributed by atoms with van der Waals surface area (Å²) in [6.07, 6.45) is 0.597. The van der Waals surface area contributed by atoms with E-state index in [0.29, 0.717) is 24.7 Å². The monoisotopic (exact) mass is 197 g/mol. The van der Waals surface area contributed by atoms with Gasteiger partial charge in [0.05, 0.1) is 6.61 Å². The molecule has 0 saturated carbocycles. The Morgan fingerprint density at radius 2 is 2.36 bits per heavy atom. The zero-order chi connectivity index (χ0) is 10.6. The lowest BCUT2D eigenvalue weighted by molar-refractivity contribution is -0.105. The van der Waals surface area contributed by atoms with E-state index in [0.717, 1.165) is 5.82 Å². The van der Waals surface area contributed by atoms with Crippen LogP contribution >= 0.6 is 0 Å². The van der Waals surface area contributed by atoms with Gasteiger partial charge in [-0.25, -0.2) is 0 Å². The number of ether oxygens (including phenoxy) is 1. The van der Waals surface area contributed by atoms with Crippen LogP contribution < -0.4 is 10.1 Å². The zero-order valence-corrected chi connectivity index (χ0v) is 8.63. The maximum Gasteiger partial charge on any atom is 0.257 e. The quantitative estimate of drug-likeness (QED) is 0.703. The van der Waals surface area contributed by atoms with E-state index >= 15 is 0 Å². The molecule has 2 N–H and O–H groups in total. The van der Waals surface area contributed by atoms with Crippen LogP contribution in [0.1, 0.15) is 32.5 Å². The van der Waals surface area contributed by atoms with Crippen molar-refractivity contribution in [1.29, 1.82) is 0 Å². The third-order valence-electron chi connectivity index (χ3n) is 1.72. The molecule has 0 fully saturated rings. The maximum atomic E-state index is 10.3. The van der Waals surface area contributed by atoms with Gasteiger partial charge in [0.1, 0.15) is 5.82 Å².